The van der Waals surface area contributed by atoms with Gasteiger partial charge < -0.3 is 11.5 Å². The highest BCUT2D eigenvalue weighted by molar-refractivity contribution is 9.10. The third-order valence-corrected chi connectivity index (χ3v) is 5.10. The van der Waals surface area contributed by atoms with E-state index in [4.69, 9.17) is 17.9 Å². The third kappa shape index (κ3) is 13.6. The first-order valence-electron chi connectivity index (χ1n) is 8.63. The Labute approximate surface area is 182 Å². The molecule has 0 bridgehead atoms. The molecule has 0 aliphatic carbocycles. The minimum Gasteiger partial charge on any atom is -0.383 e. The van der Waals surface area contributed by atoms with Crippen LogP contribution in [0.1, 0.15) is 5.56 Å². The molecule has 0 saturated heterocycles. The van der Waals surface area contributed by atoms with Gasteiger partial charge in [0.25, 0.3) is 0 Å². The summed E-state index contributed by atoms with van der Waals surface area (Å²) in [7, 11) is -2.55. The molecule has 2 aromatic heterocycles. The van der Waals surface area contributed by atoms with Crippen LogP contribution in [-0.4, -0.2) is 26.1 Å². The van der Waals surface area contributed by atoms with Gasteiger partial charge in [-0.05, 0) is 28.1 Å². The number of pyridine rings is 2. The van der Waals surface area contributed by atoms with E-state index in [-0.39, 0.29) is 5.82 Å². The lowest BCUT2D eigenvalue weighted by Gasteiger charge is -2.03. The van der Waals surface area contributed by atoms with E-state index in [0.717, 1.165) is 12.4 Å². The smallest absolute Gasteiger partial charge is 0.142 e. The molecule has 0 unspecified atom stereocenters. The van der Waals surface area contributed by atoms with E-state index in [1.165, 1.54) is 12.1 Å². The summed E-state index contributed by atoms with van der Waals surface area (Å²) >= 11 is 3.02. The summed E-state index contributed by atoms with van der Waals surface area (Å²) in [5.74, 6) is 2.67. The Hall–Kier alpha value is -2.21. The van der Waals surface area contributed by atoms with Crippen molar-refractivity contribution >= 4 is 43.7 Å². The van der Waals surface area contributed by atoms with E-state index < -0.39 is 27.8 Å². The Bertz CT molecular complexity index is 921. The molecule has 4 nitrogen and oxygen atoms in total. The first kappa shape index (κ1) is 26.8. The molecule has 2 rings (SSSR count). The zero-order valence-corrected chi connectivity index (χ0v) is 21.2. The van der Waals surface area contributed by atoms with Crippen LogP contribution in [0.15, 0.2) is 29.0 Å². The van der Waals surface area contributed by atoms with Gasteiger partial charge in [-0.25, -0.2) is 18.7 Å². The maximum atomic E-state index is 12.8. The number of nitrogen functional groups attached to an aromatic ring is 2. The van der Waals surface area contributed by atoms with Gasteiger partial charge in [-0.15, -0.1) is 17.5 Å². The molecule has 2 aromatic rings. The number of rotatable bonds is 0. The molecular weight excluding hydrogens is 470 g/mol. The van der Waals surface area contributed by atoms with Gasteiger partial charge in [0.05, 0.1) is 22.4 Å². The quantitative estimate of drug-likeness (QED) is 0.393. The molecule has 0 aliphatic heterocycles. The van der Waals surface area contributed by atoms with Gasteiger partial charge in [-0.3, -0.25) is 0 Å². The monoisotopic (exact) mass is 496 g/mol. The second-order valence-electron chi connectivity index (χ2n) is 8.00. The Morgan fingerprint density at radius 3 is 1.72 bits per heavy atom. The number of terminal acetylenes is 1. The maximum Gasteiger partial charge on any atom is 0.142 e. The average molecular weight is 498 g/mol. The molecule has 0 aromatic carbocycles. The van der Waals surface area contributed by atoms with Crippen molar-refractivity contribution in [2.45, 2.75) is 39.3 Å². The maximum absolute atomic E-state index is 12.8. The van der Waals surface area contributed by atoms with Gasteiger partial charge in [0.15, 0.2) is 0 Å². The molecule has 9 heteroatoms. The van der Waals surface area contributed by atoms with Gasteiger partial charge >= 0.3 is 0 Å². The second-order valence-corrected chi connectivity index (χ2v) is 18.4. The van der Waals surface area contributed by atoms with Crippen LogP contribution in [0.2, 0.25) is 39.3 Å². The van der Waals surface area contributed by atoms with Crippen LogP contribution in [-0.2, 0) is 0 Å². The highest BCUT2D eigenvalue weighted by atomic mass is 79.9. The molecule has 0 aliphatic rings. The van der Waals surface area contributed by atoms with Crippen LogP contribution in [0.25, 0.3) is 0 Å². The fraction of sp³-hybridized carbons (Fsp3) is 0.300. The minimum atomic E-state index is -1.45. The van der Waals surface area contributed by atoms with Crippen molar-refractivity contribution in [2.75, 3.05) is 11.5 Å². The fourth-order valence-electron chi connectivity index (χ4n) is 1.23. The Kier molecular flexibility index (Phi) is 10.8. The summed E-state index contributed by atoms with van der Waals surface area (Å²) in [4.78, 5) is 7.23. The van der Waals surface area contributed by atoms with E-state index in [2.05, 4.69) is 82.2 Å². The van der Waals surface area contributed by atoms with E-state index >= 15 is 0 Å². The molecule has 0 fully saturated rings. The zero-order chi connectivity index (χ0) is 22.8. The van der Waals surface area contributed by atoms with Gasteiger partial charge in [0.1, 0.15) is 39.4 Å². The summed E-state index contributed by atoms with van der Waals surface area (Å²) in [5, 5.41) is 0. The molecule has 29 heavy (non-hydrogen) atoms. The van der Waals surface area contributed by atoms with Gasteiger partial charge in [0.2, 0.25) is 0 Å². The number of nitrogens with two attached hydrogens (primary N) is 2. The van der Waals surface area contributed by atoms with E-state index in [1.54, 1.807) is 0 Å². The van der Waals surface area contributed by atoms with Gasteiger partial charge in [-0.1, -0.05) is 45.2 Å². The molecule has 0 amide bonds. The molecule has 0 saturated carbocycles. The summed E-state index contributed by atoms with van der Waals surface area (Å²) < 4.78 is 25.5. The predicted molar refractivity (Wildman–Crippen MR) is 127 cm³/mol. The molecule has 0 radical (unpaired) electrons. The Balaban J connectivity index is 0.000000448. The van der Waals surface area contributed by atoms with Crippen LogP contribution in [0, 0.1) is 35.1 Å². The summed E-state index contributed by atoms with van der Waals surface area (Å²) in [6.45, 7) is 12.8. The van der Waals surface area contributed by atoms with E-state index in [9.17, 15) is 8.78 Å². The molecule has 2 heterocycles. The molecule has 0 spiro atoms. The minimum absolute atomic E-state index is 0.289. The zero-order valence-electron chi connectivity index (χ0n) is 17.6. The second kappa shape index (κ2) is 11.7. The summed E-state index contributed by atoms with van der Waals surface area (Å²) in [5.41, 5.74) is 17.1. The average Bonchev–Trinajstić information content (AvgIpc) is 2.59. The van der Waals surface area contributed by atoms with Crippen LogP contribution >= 0.6 is 15.9 Å². The number of aromatic nitrogens is 2. The Morgan fingerprint density at radius 2 is 1.34 bits per heavy atom. The number of hydrogen-bond acceptors (Lipinski definition) is 4. The predicted octanol–water partition coefficient (Wildman–Crippen LogP) is 5.09. The van der Waals surface area contributed by atoms with Gasteiger partial charge in [-0.2, -0.15) is 0 Å². The summed E-state index contributed by atoms with van der Waals surface area (Å²) in [6.07, 6.45) is 7.28. The number of nitrogens with zero attached hydrogens (tertiary/aromatic N) is 2. The standard InChI is InChI=1S/C10H13FN2Si.C5H4BrFN2.C5H10Si/c1-14(2,3)5-4-8-6-9(11)7-13-10(8)12;6-4-1-3(7)2-9-5(4)8;1-5-6(2,3)4/h6-7H,1-3H3,(H2,12,13);1-2H,(H2,8,9);1H,2-4H3. The largest absolute Gasteiger partial charge is 0.383 e. The number of anilines is 2. The first-order valence-corrected chi connectivity index (χ1v) is 16.4. The SMILES string of the molecule is C#C[Si](C)(C)C.C[Si](C)(C)C#Cc1cc(F)cnc1N.Nc1ncc(F)cc1Br. The summed E-state index contributed by atoms with van der Waals surface area (Å²) in [6, 6.07) is 2.58. The van der Waals surface area contributed by atoms with Gasteiger partial charge in [0, 0.05) is 0 Å². The van der Waals surface area contributed by atoms with Crippen molar-refractivity contribution in [1.82, 2.24) is 9.97 Å². The fourth-order valence-corrected chi connectivity index (χ4v) is 2.06. The van der Waals surface area contributed by atoms with E-state index in [0.29, 0.717) is 15.9 Å². The number of hydrogen-bond donors (Lipinski definition) is 2. The van der Waals surface area contributed by atoms with Crippen molar-refractivity contribution in [2.24, 2.45) is 0 Å². The topological polar surface area (TPSA) is 77.8 Å². The lowest BCUT2D eigenvalue weighted by atomic mass is 10.3. The van der Waals surface area contributed by atoms with Crippen molar-refractivity contribution in [3.8, 4) is 23.4 Å². The van der Waals surface area contributed by atoms with Crippen molar-refractivity contribution in [1.29, 1.82) is 0 Å². The highest BCUT2D eigenvalue weighted by Crippen LogP contribution is 2.16. The third-order valence-electron chi connectivity index (χ3n) is 2.73. The number of halogens is 3. The molecular formula is C20H27BrF2N4Si2. The first-order chi connectivity index (χ1) is 13.1. The van der Waals surface area contributed by atoms with Crippen LogP contribution in [0.4, 0.5) is 20.4 Å². The molecule has 4 N–H and O–H groups in total. The lowest BCUT2D eigenvalue weighted by Crippen LogP contribution is -2.16. The van der Waals surface area contributed by atoms with Crippen LogP contribution in [0.5, 0.6) is 0 Å². The lowest BCUT2D eigenvalue weighted by molar-refractivity contribution is 0.620. The van der Waals surface area contributed by atoms with E-state index in [1.807, 2.05) is 0 Å². The Morgan fingerprint density at radius 1 is 0.897 bits per heavy atom. The van der Waals surface area contributed by atoms with Crippen molar-refractivity contribution in [3.63, 3.8) is 0 Å². The normalized spacial score (nSPS) is 10.2. The van der Waals surface area contributed by atoms with Crippen molar-refractivity contribution < 1.29 is 8.78 Å². The van der Waals surface area contributed by atoms with Crippen LogP contribution < -0.4 is 11.5 Å². The molecule has 0 atom stereocenters. The van der Waals surface area contributed by atoms with Crippen LogP contribution in [0.3, 0.4) is 0 Å². The highest BCUT2D eigenvalue weighted by Gasteiger charge is 2.08. The van der Waals surface area contributed by atoms with Crippen molar-refractivity contribution in [3.05, 3.63) is 46.2 Å². The molecule has 156 valence electrons.